The minimum Gasteiger partial charge on any atom is -0.378 e. The molecular weight excluding hydrogens is 314 g/mol. The minimum atomic E-state index is -0.479. The number of nitro groups is 1. The van der Waals surface area contributed by atoms with Crippen LogP contribution in [0.15, 0.2) is 34.2 Å². The monoisotopic (exact) mass is 331 g/mol. The lowest BCUT2D eigenvalue weighted by atomic mass is 10.2. The number of benzene rings is 1. The van der Waals surface area contributed by atoms with Crippen LogP contribution in [0.2, 0.25) is 0 Å². The largest absolute Gasteiger partial charge is 0.378 e. The average molecular weight is 331 g/mol. The summed E-state index contributed by atoms with van der Waals surface area (Å²) in [5, 5.41) is 19.9. The highest BCUT2D eigenvalue weighted by molar-refractivity contribution is 5.80. The summed E-state index contributed by atoms with van der Waals surface area (Å²) in [6.45, 7) is 4.41. The summed E-state index contributed by atoms with van der Waals surface area (Å²) in [5.41, 5.74) is 1.39. The van der Waals surface area contributed by atoms with Crippen LogP contribution in [0.5, 0.6) is 0 Å². The van der Waals surface area contributed by atoms with Crippen LogP contribution in [0.25, 0.3) is 5.69 Å². The number of H-pyrrole nitrogens is 1. The number of nitro benzene ring substituents is 1. The normalized spacial score (nSPS) is 15.1. The molecule has 1 aromatic carbocycles. The fourth-order valence-electron chi connectivity index (χ4n) is 2.43. The van der Waals surface area contributed by atoms with Crippen molar-refractivity contribution in [1.82, 2.24) is 14.8 Å². The Kier molecular flexibility index (Phi) is 4.43. The summed E-state index contributed by atoms with van der Waals surface area (Å²) in [5.74, 6) is 0. The van der Waals surface area contributed by atoms with Crippen LogP contribution in [0.3, 0.4) is 0 Å². The number of aromatic amines is 1. The van der Waals surface area contributed by atoms with E-state index in [0.29, 0.717) is 43.2 Å². The van der Waals surface area contributed by atoms with Gasteiger partial charge in [0.1, 0.15) is 0 Å². The van der Waals surface area contributed by atoms with E-state index in [4.69, 9.17) is 4.74 Å². The molecule has 0 unspecified atom stereocenters. The van der Waals surface area contributed by atoms with Gasteiger partial charge in [0.25, 0.3) is 11.2 Å². The van der Waals surface area contributed by atoms with Gasteiger partial charge in [-0.3, -0.25) is 25.0 Å². The van der Waals surface area contributed by atoms with Gasteiger partial charge >= 0.3 is 0 Å². The molecule has 126 valence electrons. The number of nitrogens with zero attached hydrogens (tertiary/aromatic N) is 4. The fraction of sp³-hybridized carbons (Fsp3) is 0.333. The highest BCUT2D eigenvalue weighted by atomic mass is 16.6. The molecule has 0 atom stereocenters. The second-order valence-electron chi connectivity index (χ2n) is 5.38. The molecule has 0 amide bonds. The van der Waals surface area contributed by atoms with E-state index in [1.807, 2.05) is 5.01 Å². The van der Waals surface area contributed by atoms with E-state index in [9.17, 15) is 14.9 Å². The molecular formula is C15H17N5O4. The number of hydrazone groups is 1. The Morgan fingerprint density at radius 3 is 2.58 bits per heavy atom. The zero-order valence-electron chi connectivity index (χ0n) is 13.1. The average Bonchev–Trinajstić information content (AvgIpc) is 2.88. The topological polar surface area (TPSA) is 106 Å². The first-order valence-corrected chi connectivity index (χ1v) is 7.49. The van der Waals surface area contributed by atoms with Gasteiger partial charge in [0.15, 0.2) is 0 Å². The predicted molar refractivity (Wildman–Crippen MR) is 87.8 cm³/mol. The van der Waals surface area contributed by atoms with Crippen LogP contribution in [-0.4, -0.2) is 52.2 Å². The molecule has 0 radical (unpaired) electrons. The quantitative estimate of drug-likeness (QED) is 0.512. The van der Waals surface area contributed by atoms with Gasteiger partial charge in [-0.05, 0) is 19.1 Å². The number of nitrogens with one attached hydrogen (secondary N) is 1. The molecule has 1 N–H and O–H groups in total. The molecule has 1 aromatic heterocycles. The summed E-state index contributed by atoms with van der Waals surface area (Å²) in [6, 6.07) is 5.77. The lowest BCUT2D eigenvalue weighted by Gasteiger charge is -2.23. The minimum absolute atomic E-state index is 0.0239. The molecule has 0 saturated carbocycles. The number of hydrogen-bond acceptors (Lipinski definition) is 6. The number of aryl methyl sites for hydroxylation is 1. The molecule has 1 fully saturated rings. The summed E-state index contributed by atoms with van der Waals surface area (Å²) in [6.07, 6.45) is 1.54. The van der Waals surface area contributed by atoms with Crippen LogP contribution in [0, 0.1) is 17.0 Å². The van der Waals surface area contributed by atoms with Gasteiger partial charge in [0.2, 0.25) is 0 Å². The second-order valence-corrected chi connectivity index (χ2v) is 5.38. The Bertz CT molecular complexity index is 815. The Labute approximate surface area is 137 Å². The first-order chi connectivity index (χ1) is 11.6. The van der Waals surface area contributed by atoms with Crippen LogP contribution in [-0.2, 0) is 4.74 Å². The number of non-ortho nitro benzene ring substituents is 1. The van der Waals surface area contributed by atoms with E-state index in [0.717, 1.165) is 0 Å². The van der Waals surface area contributed by atoms with Crippen LogP contribution >= 0.6 is 0 Å². The molecule has 9 heteroatoms. The van der Waals surface area contributed by atoms with Crippen molar-refractivity contribution >= 4 is 11.9 Å². The number of morpholine rings is 1. The third-order valence-corrected chi connectivity index (χ3v) is 3.77. The maximum Gasteiger partial charge on any atom is 0.280 e. The highest BCUT2D eigenvalue weighted by Crippen LogP contribution is 2.14. The molecule has 9 nitrogen and oxygen atoms in total. The Morgan fingerprint density at radius 1 is 1.29 bits per heavy atom. The number of rotatable bonds is 4. The van der Waals surface area contributed by atoms with Crippen LogP contribution < -0.4 is 5.56 Å². The standard InChI is InChI=1S/C15H17N5O4/c1-11-14(10-16-18-6-8-24-9-7-18)15(21)19(17-11)12-2-4-13(5-3-12)20(22)23/h2-5,10,17H,6-9H2,1H3/b16-10+. The maximum atomic E-state index is 12.5. The Morgan fingerprint density at radius 2 is 1.96 bits per heavy atom. The summed E-state index contributed by atoms with van der Waals surface area (Å²) < 4.78 is 6.60. The van der Waals surface area contributed by atoms with Gasteiger partial charge in [-0.25, -0.2) is 4.68 Å². The van der Waals surface area contributed by atoms with E-state index in [1.165, 1.54) is 28.9 Å². The van der Waals surface area contributed by atoms with Crippen molar-refractivity contribution < 1.29 is 9.66 Å². The van der Waals surface area contributed by atoms with Gasteiger partial charge in [-0.1, -0.05) is 0 Å². The summed E-state index contributed by atoms with van der Waals surface area (Å²) >= 11 is 0. The molecule has 24 heavy (non-hydrogen) atoms. The van der Waals surface area contributed by atoms with Gasteiger partial charge in [0.05, 0.1) is 48.7 Å². The van der Waals surface area contributed by atoms with E-state index in [1.54, 1.807) is 13.1 Å². The third kappa shape index (κ3) is 3.20. The van der Waals surface area contributed by atoms with Gasteiger partial charge in [-0.2, -0.15) is 5.10 Å². The molecule has 3 rings (SSSR count). The number of hydrogen-bond donors (Lipinski definition) is 1. The van der Waals surface area contributed by atoms with Crippen LogP contribution in [0.4, 0.5) is 5.69 Å². The Hall–Kier alpha value is -2.94. The lowest BCUT2D eigenvalue weighted by molar-refractivity contribution is -0.384. The van der Waals surface area contributed by atoms with E-state index in [2.05, 4.69) is 10.2 Å². The zero-order valence-corrected chi connectivity index (χ0v) is 13.1. The van der Waals surface area contributed by atoms with Crippen molar-refractivity contribution in [2.24, 2.45) is 5.10 Å². The van der Waals surface area contributed by atoms with Crippen molar-refractivity contribution in [2.45, 2.75) is 6.92 Å². The van der Waals surface area contributed by atoms with Gasteiger partial charge in [-0.15, -0.1) is 0 Å². The fourth-order valence-corrected chi connectivity index (χ4v) is 2.43. The van der Waals surface area contributed by atoms with Crippen molar-refractivity contribution in [1.29, 1.82) is 0 Å². The van der Waals surface area contributed by atoms with Crippen molar-refractivity contribution in [2.75, 3.05) is 26.3 Å². The molecule has 1 aliphatic heterocycles. The van der Waals surface area contributed by atoms with E-state index < -0.39 is 4.92 Å². The first-order valence-electron chi connectivity index (χ1n) is 7.49. The zero-order chi connectivity index (χ0) is 17.1. The number of ether oxygens (including phenoxy) is 1. The van der Waals surface area contributed by atoms with Crippen molar-refractivity contribution in [3.05, 3.63) is 56.0 Å². The van der Waals surface area contributed by atoms with Crippen LogP contribution in [0.1, 0.15) is 11.3 Å². The second kappa shape index (κ2) is 6.67. The predicted octanol–water partition coefficient (Wildman–Crippen LogP) is 1.05. The molecule has 0 aliphatic carbocycles. The summed E-state index contributed by atoms with van der Waals surface area (Å²) in [7, 11) is 0. The molecule has 0 spiro atoms. The third-order valence-electron chi connectivity index (χ3n) is 3.77. The molecule has 0 bridgehead atoms. The highest BCUT2D eigenvalue weighted by Gasteiger charge is 2.13. The number of aromatic nitrogens is 2. The maximum absolute atomic E-state index is 12.5. The van der Waals surface area contributed by atoms with Crippen molar-refractivity contribution in [3.8, 4) is 5.69 Å². The van der Waals surface area contributed by atoms with E-state index in [-0.39, 0.29) is 11.2 Å². The SMILES string of the molecule is Cc1[nH]n(-c2ccc([N+](=O)[O-])cc2)c(=O)c1/C=N/N1CCOCC1. The Balaban J connectivity index is 1.87. The lowest BCUT2D eigenvalue weighted by Crippen LogP contribution is -2.32. The summed E-state index contributed by atoms with van der Waals surface area (Å²) in [4.78, 5) is 22.8. The van der Waals surface area contributed by atoms with E-state index >= 15 is 0 Å². The molecule has 1 aliphatic rings. The smallest absolute Gasteiger partial charge is 0.280 e. The molecule has 2 heterocycles. The van der Waals surface area contributed by atoms with Crippen molar-refractivity contribution in [3.63, 3.8) is 0 Å². The molecule has 2 aromatic rings. The molecule has 1 saturated heterocycles. The first kappa shape index (κ1) is 15.9. The van der Waals surface area contributed by atoms with Gasteiger partial charge in [0, 0.05) is 17.8 Å². The van der Waals surface area contributed by atoms with Gasteiger partial charge < -0.3 is 4.74 Å².